The molecule has 7 aromatic carbocycles. The Balaban J connectivity index is 1.27. The number of nitrogens with zero attached hydrogens (tertiary/aromatic N) is 6. The molecule has 2 amide bonds. The number of nitriles is 2. The minimum atomic E-state index is -0.459. The Morgan fingerprint density at radius 1 is 0.536 bits per heavy atom. The molecule has 8 heteroatoms. The molecule has 1 aromatic heterocycles. The molecule has 2 heterocycles. The number of hydrogen-bond donors (Lipinski definition) is 0. The van der Waals surface area contributed by atoms with E-state index in [-0.39, 0.29) is 11.1 Å². The first-order valence-corrected chi connectivity index (χ1v) is 17.5. The molecule has 0 atom stereocenters. The first kappa shape index (κ1) is 33.3. The maximum atomic E-state index is 14.6. The van der Waals surface area contributed by atoms with Gasteiger partial charge in [-0.1, -0.05) is 91.0 Å². The standard InChI is InChI=1S/C48H24N6O2/c1-51-35-16-22-37(34(24-35)28-50)32-14-20-39-40-21-15-33(38-19-11-29(27-49)23-42(38)52-2)26-45(40)54(44(39)25-32)43-10-6-9-41-46(43)48(56)53(47(41)55)36-17-12-31(13-18-36)30-7-4-3-5-8-30/h3-26H. The zero-order valence-electron chi connectivity index (χ0n) is 29.4. The van der Waals surface area contributed by atoms with Crippen molar-refractivity contribution in [2.45, 2.75) is 0 Å². The van der Waals surface area contributed by atoms with Crippen molar-refractivity contribution in [3.8, 4) is 51.2 Å². The van der Waals surface area contributed by atoms with Crippen LogP contribution in [-0.4, -0.2) is 16.4 Å². The fourth-order valence-corrected chi connectivity index (χ4v) is 7.62. The minimum Gasteiger partial charge on any atom is -0.308 e. The summed E-state index contributed by atoms with van der Waals surface area (Å²) in [5, 5.41) is 21.3. The van der Waals surface area contributed by atoms with Gasteiger partial charge < -0.3 is 4.57 Å². The van der Waals surface area contributed by atoms with Gasteiger partial charge in [0.1, 0.15) is 0 Å². The summed E-state index contributed by atoms with van der Waals surface area (Å²) < 4.78 is 1.96. The Hall–Kier alpha value is -8.56. The third kappa shape index (κ3) is 5.19. The van der Waals surface area contributed by atoms with Crippen LogP contribution in [0.15, 0.2) is 146 Å². The first-order valence-electron chi connectivity index (χ1n) is 17.5. The fourth-order valence-electron chi connectivity index (χ4n) is 7.62. The number of carbonyl (C=O) groups is 2. The summed E-state index contributed by atoms with van der Waals surface area (Å²) in [6.07, 6.45) is 0. The second kappa shape index (κ2) is 13.1. The van der Waals surface area contributed by atoms with E-state index in [1.54, 1.807) is 60.7 Å². The maximum absolute atomic E-state index is 14.6. The van der Waals surface area contributed by atoms with Crippen molar-refractivity contribution in [3.63, 3.8) is 0 Å². The van der Waals surface area contributed by atoms with Crippen LogP contribution in [0.3, 0.4) is 0 Å². The van der Waals surface area contributed by atoms with Gasteiger partial charge in [0.05, 0.1) is 58.8 Å². The maximum Gasteiger partial charge on any atom is 0.268 e. The van der Waals surface area contributed by atoms with Crippen molar-refractivity contribution in [2.24, 2.45) is 0 Å². The lowest BCUT2D eigenvalue weighted by molar-refractivity contribution is 0.0926. The zero-order chi connectivity index (χ0) is 38.5. The van der Waals surface area contributed by atoms with E-state index < -0.39 is 11.8 Å². The lowest BCUT2D eigenvalue weighted by atomic mass is 9.98. The van der Waals surface area contributed by atoms with Gasteiger partial charge >= 0.3 is 0 Å². The molecular formula is C48H24N6O2. The lowest BCUT2D eigenvalue weighted by Gasteiger charge is -2.16. The molecule has 8 nitrogen and oxygen atoms in total. The summed E-state index contributed by atoms with van der Waals surface area (Å²) >= 11 is 0. The number of rotatable bonds is 5. The van der Waals surface area contributed by atoms with Gasteiger partial charge in [0.2, 0.25) is 0 Å². The molecule has 56 heavy (non-hydrogen) atoms. The zero-order valence-corrected chi connectivity index (χ0v) is 29.4. The summed E-state index contributed by atoms with van der Waals surface area (Å²) in [4.78, 5) is 37.1. The summed E-state index contributed by atoms with van der Waals surface area (Å²) in [6.45, 7) is 15.3. The monoisotopic (exact) mass is 716 g/mol. The SMILES string of the molecule is [C-]#[N+]c1ccc(-c2ccc3c4ccc(-c5ccc(C#N)cc5[N+]#[C-])cc4n(-c4cccc5c4C(=O)N(c4ccc(-c6ccccc6)cc4)C5=O)c3c2)c(C#N)c1. The van der Waals surface area contributed by atoms with Crippen LogP contribution in [-0.2, 0) is 0 Å². The fraction of sp³-hybridized carbons (Fsp3) is 0. The summed E-state index contributed by atoms with van der Waals surface area (Å²) in [7, 11) is 0. The van der Waals surface area contributed by atoms with Crippen LogP contribution < -0.4 is 4.90 Å². The molecule has 0 bridgehead atoms. The van der Waals surface area contributed by atoms with Gasteiger partial charge in [-0.05, 0) is 88.0 Å². The third-order valence-corrected chi connectivity index (χ3v) is 10.3. The van der Waals surface area contributed by atoms with Gasteiger partial charge in [-0.2, -0.15) is 10.5 Å². The van der Waals surface area contributed by atoms with Gasteiger partial charge in [0, 0.05) is 21.9 Å². The molecule has 0 spiro atoms. The highest BCUT2D eigenvalue weighted by molar-refractivity contribution is 6.36. The van der Waals surface area contributed by atoms with Crippen LogP contribution in [0.25, 0.3) is 70.6 Å². The number of amides is 2. The smallest absolute Gasteiger partial charge is 0.268 e. The largest absolute Gasteiger partial charge is 0.308 e. The highest BCUT2D eigenvalue weighted by Gasteiger charge is 2.39. The average Bonchev–Trinajstić information content (AvgIpc) is 3.72. The van der Waals surface area contributed by atoms with Crippen molar-refractivity contribution < 1.29 is 9.59 Å². The minimum absolute atomic E-state index is 0.249. The van der Waals surface area contributed by atoms with Crippen molar-refractivity contribution in [2.75, 3.05) is 4.90 Å². The number of imide groups is 1. The van der Waals surface area contributed by atoms with Crippen LogP contribution >= 0.6 is 0 Å². The number of carbonyl (C=O) groups excluding carboxylic acids is 2. The highest BCUT2D eigenvalue weighted by atomic mass is 16.2. The van der Waals surface area contributed by atoms with Crippen molar-refractivity contribution >= 4 is 50.7 Å². The van der Waals surface area contributed by atoms with Crippen LogP contribution in [0.2, 0.25) is 0 Å². The van der Waals surface area contributed by atoms with E-state index in [9.17, 15) is 20.1 Å². The number of benzene rings is 7. The molecule has 1 aliphatic heterocycles. The lowest BCUT2D eigenvalue weighted by Crippen LogP contribution is -2.29. The van der Waals surface area contributed by atoms with Gasteiger partial charge in [-0.25, -0.2) is 14.6 Å². The van der Waals surface area contributed by atoms with E-state index in [0.717, 1.165) is 44.1 Å². The molecule has 1 aliphatic rings. The molecule has 0 saturated carbocycles. The topological polar surface area (TPSA) is 98.6 Å². The Morgan fingerprint density at radius 2 is 1.20 bits per heavy atom. The van der Waals surface area contributed by atoms with E-state index in [1.165, 1.54) is 4.90 Å². The molecule has 8 aromatic rings. The quantitative estimate of drug-likeness (QED) is 0.131. The Bertz CT molecular complexity index is 3040. The molecule has 0 saturated heterocycles. The highest BCUT2D eigenvalue weighted by Crippen LogP contribution is 2.42. The molecule has 0 radical (unpaired) electrons. The normalized spacial score (nSPS) is 11.9. The average molecular weight is 717 g/mol. The van der Waals surface area contributed by atoms with E-state index >= 15 is 0 Å². The second-order valence-electron chi connectivity index (χ2n) is 13.3. The summed E-state index contributed by atoms with van der Waals surface area (Å²) in [5.74, 6) is -0.890. The number of fused-ring (bicyclic) bond motifs is 4. The van der Waals surface area contributed by atoms with Gasteiger partial charge in [-0.15, -0.1) is 0 Å². The summed E-state index contributed by atoms with van der Waals surface area (Å²) in [6, 6.07) is 48.5. The Morgan fingerprint density at radius 3 is 1.86 bits per heavy atom. The van der Waals surface area contributed by atoms with Gasteiger partial charge in [0.15, 0.2) is 11.4 Å². The molecule has 0 N–H and O–H groups in total. The molecule has 258 valence electrons. The molecule has 0 fully saturated rings. The van der Waals surface area contributed by atoms with Crippen LogP contribution in [0.5, 0.6) is 0 Å². The molecule has 0 aliphatic carbocycles. The van der Waals surface area contributed by atoms with Gasteiger partial charge in [-0.3, -0.25) is 9.59 Å². The summed E-state index contributed by atoms with van der Waals surface area (Å²) in [5.41, 5.74) is 9.04. The first-order chi connectivity index (χ1) is 27.4. The number of anilines is 1. The van der Waals surface area contributed by atoms with Crippen LogP contribution in [0.1, 0.15) is 31.8 Å². The van der Waals surface area contributed by atoms with E-state index in [4.69, 9.17) is 13.1 Å². The van der Waals surface area contributed by atoms with Crippen molar-refractivity contribution in [3.05, 3.63) is 191 Å². The number of aromatic nitrogens is 1. The predicted octanol–water partition coefficient (Wildman–Crippen LogP) is 11.4. The molecular weight excluding hydrogens is 693 g/mol. The van der Waals surface area contributed by atoms with Gasteiger partial charge in [0.25, 0.3) is 11.8 Å². The van der Waals surface area contributed by atoms with E-state index in [0.29, 0.717) is 45.0 Å². The van der Waals surface area contributed by atoms with E-state index in [1.807, 2.05) is 89.5 Å². The predicted molar refractivity (Wildman–Crippen MR) is 217 cm³/mol. The third-order valence-electron chi connectivity index (χ3n) is 10.3. The van der Waals surface area contributed by atoms with Crippen molar-refractivity contribution in [1.29, 1.82) is 10.5 Å². The van der Waals surface area contributed by atoms with E-state index in [2.05, 4.69) is 21.8 Å². The van der Waals surface area contributed by atoms with Crippen LogP contribution in [0.4, 0.5) is 17.1 Å². The number of hydrogen-bond acceptors (Lipinski definition) is 4. The van der Waals surface area contributed by atoms with Crippen molar-refractivity contribution in [1.82, 2.24) is 4.57 Å². The Kier molecular flexibility index (Phi) is 7.81. The Labute approximate surface area is 321 Å². The second-order valence-corrected chi connectivity index (χ2v) is 13.3. The molecule has 9 rings (SSSR count). The molecule has 0 unspecified atom stereocenters. The van der Waals surface area contributed by atoms with Crippen LogP contribution in [0, 0.1) is 35.8 Å².